The molecule has 0 bridgehead atoms. The van der Waals surface area contributed by atoms with Gasteiger partial charge in [0.05, 0.1) is 16.3 Å². The second-order valence-corrected chi connectivity index (χ2v) is 7.45. The van der Waals surface area contributed by atoms with Crippen molar-refractivity contribution in [3.63, 3.8) is 0 Å². The van der Waals surface area contributed by atoms with Crippen molar-refractivity contribution in [2.75, 3.05) is 16.0 Å². The SMILES string of the molecule is O=C(Nc1ccccc1Nc1ccccc1)c1ccc(NC(=O)c2cccs2)cc1. The first kappa shape index (κ1) is 19.4. The summed E-state index contributed by atoms with van der Waals surface area (Å²) in [7, 11) is 0. The van der Waals surface area contributed by atoms with Crippen molar-refractivity contribution < 1.29 is 9.59 Å². The topological polar surface area (TPSA) is 70.2 Å². The molecule has 0 atom stereocenters. The smallest absolute Gasteiger partial charge is 0.265 e. The molecule has 0 spiro atoms. The molecule has 0 saturated heterocycles. The molecule has 0 saturated carbocycles. The second kappa shape index (κ2) is 9.07. The van der Waals surface area contributed by atoms with Crippen LogP contribution in [0.5, 0.6) is 0 Å². The van der Waals surface area contributed by atoms with Crippen LogP contribution in [0.15, 0.2) is 96.4 Å². The Bertz CT molecular complexity index is 1140. The quantitative estimate of drug-likeness (QED) is 0.363. The van der Waals surface area contributed by atoms with Crippen molar-refractivity contribution >= 4 is 45.9 Å². The average molecular weight is 414 g/mol. The molecule has 3 N–H and O–H groups in total. The Morgan fingerprint density at radius 2 is 1.30 bits per heavy atom. The van der Waals surface area contributed by atoms with Gasteiger partial charge in [-0.1, -0.05) is 36.4 Å². The van der Waals surface area contributed by atoms with Gasteiger partial charge in [-0.25, -0.2) is 0 Å². The van der Waals surface area contributed by atoms with E-state index in [1.54, 1.807) is 30.3 Å². The van der Waals surface area contributed by atoms with Gasteiger partial charge in [0.25, 0.3) is 11.8 Å². The minimum Gasteiger partial charge on any atom is -0.354 e. The average Bonchev–Trinajstić information content (AvgIpc) is 3.31. The first-order valence-electron chi connectivity index (χ1n) is 9.36. The molecule has 0 aliphatic rings. The summed E-state index contributed by atoms with van der Waals surface area (Å²) in [5.41, 5.74) is 3.55. The van der Waals surface area contributed by atoms with Gasteiger partial charge in [0.1, 0.15) is 0 Å². The van der Waals surface area contributed by atoms with Crippen LogP contribution >= 0.6 is 11.3 Å². The Hall–Kier alpha value is -3.90. The van der Waals surface area contributed by atoms with Gasteiger partial charge in [-0.15, -0.1) is 11.3 Å². The highest BCUT2D eigenvalue weighted by Gasteiger charge is 2.11. The zero-order valence-corrected chi connectivity index (χ0v) is 16.8. The first-order chi connectivity index (χ1) is 14.7. The van der Waals surface area contributed by atoms with Crippen LogP contribution in [0.3, 0.4) is 0 Å². The molecule has 6 heteroatoms. The maximum absolute atomic E-state index is 12.7. The van der Waals surface area contributed by atoms with E-state index in [2.05, 4.69) is 16.0 Å². The van der Waals surface area contributed by atoms with E-state index in [-0.39, 0.29) is 11.8 Å². The van der Waals surface area contributed by atoms with Crippen molar-refractivity contribution in [1.29, 1.82) is 0 Å². The molecule has 5 nitrogen and oxygen atoms in total. The number of benzene rings is 3. The summed E-state index contributed by atoms with van der Waals surface area (Å²) in [5.74, 6) is -0.392. The van der Waals surface area contributed by atoms with Crippen LogP contribution in [0, 0.1) is 0 Å². The Labute approximate surface area is 178 Å². The van der Waals surface area contributed by atoms with E-state index in [0.29, 0.717) is 21.8 Å². The first-order valence-corrected chi connectivity index (χ1v) is 10.2. The molecule has 1 heterocycles. The van der Waals surface area contributed by atoms with E-state index in [1.807, 2.05) is 66.0 Å². The third-order valence-corrected chi connectivity index (χ3v) is 5.25. The number of thiophene rings is 1. The maximum atomic E-state index is 12.7. The summed E-state index contributed by atoms with van der Waals surface area (Å²) in [4.78, 5) is 25.5. The van der Waals surface area contributed by atoms with E-state index in [4.69, 9.17) is 0 Å². The lowest BCUT2D eigenvalue weighted by atomic mass is 10.1. The highest BCUT2D eigenvalue weighted by Crippen LogP contribution is 2.26. The summed E-state index contributed by atoms with van der Waals surface area (Å²) < 4.78 is 0. The number of anilines is 4. The highest BCUT2D eigenvalue weighted by atomic mass is 32.1. The number of carbonyl (C=O) groups is 2. The minimum absolute atomic E-state index is 0.164. The van der Waals surface area contributed by atoms with Gasteiger partial charge in [-0.3, -0.25) is 9.59 Å². The number of carbonyl (C=O) groups excluding carboxylic acids is 2. The van der Waals surface area contributed by atoms with E-state index in [9.17, 15) is 9.59 Å². The lowest BCUT2D eigenvalue weighted by molar-refractivity contribution is 0.102. The highest BCUT2D eigenvalue weighted by molar-refractivity contribution is 7.12. The molecule has 0 unspecified atom stereocenters. The molecule has 4 rings (SSSR count). The molecule has 3 aromatic carbocycles. The molecule has 0 aliphatic carbocycles. The number of nitrogens with one attached hydrogen (secondary N) is 3. The predicted octanol–water partition coefficient (Wildman–Crippen LogP) is 6.00. The van der Waals surface area contributed by atoms with Crippen LogP contribution in [0.4, 0.5) is 22.7 Å². The fourth-order valence-corrected chi connectivity index (χ4v) is 3.50. The van der Waals surface area contributed by atoms with Crippen LogP contribution in [0.1, 0.15) is 20.0 Å². The summed E-state index contributed by atoms with van der Waals surface area (Å²) in [5, 5.41) is 10.9. The van der Waals surface area contributed by atoms with Crippen molar-refractivity contribution in [1.82, 2.24) is 0 Å². The second-order valence-electron chi connectivity index (χ2n) is 6.50. The molecule has 2 amide bonds. The van der Waals surface area contributed by atoms with E-state index in [0.717, 1.165) is 11.4 Å². The molecule has 0 radical (unpaired) electrons. The molecule has 148 valence electrons. The lowest BCUT2D eigenvalue weighted by Gasteiger charge is -2.13. The van der Waals surface area contributed by atoms with Gasteiger partial charge in [0.15, 0.2) is 0 Å². The Morgan fingerprint density at radius 3 is 2.00 bits per heavy atom. The lowest BCUT2D eigenvalue weighted by Crippen LogP contribution is -2.14. The van der Waals surface area contributed by atoms with Crippen molar-refractivity contribution in [2.24, 2.45) is 0 Å². The fraction of sp³-hybridized carbons (Fsp3) is 0. The van der Waals surface area contributed by atoms with Crippen LogP contribution < -0.4 is 16.0 Å². The van der Waals surface area contributed by atoms with E-state index < -0.39 is 0 Å². The number of hydrogen-bond donors (Lipinski definition) is 3. The van der Waals surface area contributed by atoms with E-state index >= 15 is 0 Å². The zero-order chi connectivity index (χ0) is 20.8. The summed E-state index contributed by atoms with van der Waals surface area (Å²) in [6.45, 7) is 0. The van der Waals surface area contributed by atoms with Crippen LogP contribution in [0.25, 0.3) is 0 Å². The minimum atomic E-state index is -0.228. The number of hydrogen-bond acceptors (Lipinski definition) is 4. The van der Waals surface area contributed by atoms with Gasteiger partial charge in [-0.2, -0.15) is 0 Å². The van der Waals surface area contributed by atoms with Crippen LogP contribution in [-0.4, -0.2) is 11.8 Å². The summed E-state index contributed by atoms with van der Waals surface area (Å²) >= 11 is 1.38. The number of amides is 2. The summed E-state index contributed by atoms with van der Waals surface area (Å²) in [6.07, 6.45) is 0. The van der Waals surface area contributed by atoms with Crippen LogP contribution in [-0.2, 0) is 0 Å². The summed E-state index contributed by atoms with van der Waals surface area (Å²) in [6, 6.07) is 27.7. The predicted molar refractivity (Wildman–Crippen MR) is 123 cm³/mol. The van der Waals surface area contributed by atoms with Gasteiger partial charge in [0, 0.05) is 16.9 Å². The van der Waals surface area contributed by atoms with Crippen LogP contribution in [0.2, 0.25) is 0 Å². The molecular weight excluding hydrogens is 394 g/mol. The third-order valence-electron chi connectivity index (χ3n) is 4.38. The zero-order valence-electron chi connectivity index (χ0n) is 16.0. The number of rotatable bonds is 6. The molecule has 4 aromatic rings. The van der Waals surface area contributed by atoms with E-state index in [1.165, 1.54) is 11.3 Å². The van der Waals surface area contributed by atoms with Crippen molar-refractivity contribution in [3.05, 3.63) is 107 Å². The molecule has 1 aromatic heterocycles. The molecule has 0 aliphatic heterocycles. The van der Waals surface area contributed by atoms with Gasteiger partial charge in [-0.05, 0) is 60.0 Å². The van der Waals surface area contributed by atoms with Gasteiger partial charge >= 0.3 is 0 Å². The Kier molecular flexibility index (Phi) is 5.87. The van der Waals surface area contributed by atoms with Gasteiger partial charge in [0.2, 0.25) is 0 Å². The van der Waals surface area contributed by atoms with Gasteiger partial charge < -0.3 is 16.0 Å². The fourth-order valence-electron chi connectivity index (χ4n) is 2.88. The Balaban J connectivity index is 1.44. The standard InChI is InChI=1S/C24H19N3O2S/c28-23(17-12-14-19(15-13-17)26-24(29)22-11-6-16-30-22)27-21-10-5-4-9-20(21)25-18-7-2-1-3-8-18/h1-16,25H,(H,26,29)(H,27,28). The number of para-hydroxylation sites is 3. The molecule has 30 heavy (non-hydrogen) atoms. The largest absolute Gasteiger partial charge is 0.354 e. The molecular formula is C24H19N3O2S. The van der Waals surface area contributed by atoms with Crippen molar-refractivity contribution in [3.8, 4) is 0 Å². The maximum Gasteiger partial charge on any atom is 0.265 e. The Morgan fingerprint density at radius 1 is 0.600 bits per heavy atom. The van der Waals surface area contributed by atoms with Crippen molar-refractivity contribution in [2.45, 2.75) is 0 Å². The molecule has 0 fully saturated rings. The normalized spacial score (nSPS) is 10.3. The third kappa shape index (κ3) is 4.74. The monoisotopic (exact) mass is 413 g/mol.